The van der Waals surface area contributed by atoms with Gasteiger partial charge in [-0.25, -0.2) is 0 Å². The van der Waals surface area contributed by atoms with Gasteiger partial charge in [0, 0.05) is 16.6 Å². The topological polar surface area (TPSA) is 34.1 Å². The monoisotopic (exact) mass is 210 g/mol. The smallest absolute Gasteiger partial charge is 0.151 e. The predicted molar refractivity (Wildman–Crippen MR) is 60.7 cm³/mol. The summed E-state index contributed by atoms with van der Waals surface area (Å²) in [5.41, 5.74) is 3.85. The molecule has 2 nitrogen and oxygen atoms in total. The summed E-state index contributed by atoms with van der Waals surface area (Å²) in [5.74, 6) is 0. The molecule has 0 unspecified atom stereocenters. The molecule has 1 atom stereocenters. The van der Waals surface area contributed by atoms with E-state index in [9.17, 15) is 9.59 Å². The van der Waals surface area contributed by atoms with Crippen molar-refractivity contribution in [1.29, 1.82) is 0 Å². The Morgan fingerprint density at radius 2 is 1.62 bits per heavy atom. The van der Waals surface area contributed by atoms with Crippen LogP contribution < -0.4 is 0 Å². The van der Waals surface area contributed by atoms with Crippen LogP contribution in [-0.4, -0.2) is 12.6 Å². The van der Waals surface area contributed by atoms with Crippen molar-refractivity contribution >= 4 is 12.6 Å². The highest BCUT2D eigenvalue weighted by molar-refractivity contribution is 6.01. The second kappa shape index (κ2) is 2.79. The summed E-state index contributed by atoms with van der Waals surface area (Å²) in [7, 11) is 0. The lowest BCUT2D eigenvalue weighted by molar-refractivity contribution is -0.106. The van der Waals surface area contributed by atoms with Crippen LogP contribution in [0.1, 0.15) is 6.92 Å². The zero-order valence-corrected chi connectivity index (χ0v) is 8.86. The van der Waals surface area contributed by atoms with Crippen molar-refractivity contribution in [3.05, 3.63) is 58.2 Å². The SMILES string of the molecule is C[C@]12C3=CC=C1C(C=O)=C(C=O)C2=CC=C3. The predicted octanol–water partition coefficient (Wildman–Crippen LogP) is 2.06. The molecule has 0 amide bonds. The summed E-state index contributed by atoms with van der Waals surface area (Å²) in [5, 5.41) is 0. The van der Waals surface area contributed by atoms with Gasteiger partial charge in [0.2, 0.25) is 0 Å². The van der Waals surface area contributed by atoms with Crippen molar-refractivity contribution in [3.63, 3.8) is 0 Å². The van der Waals surface area contributed by atoms with Crippen molar-refractivity contribution in [2.75, 3.05) is 0 Å². The number of carbonyl (C=O) groups is 2. The van der Waals surface area contributed by atoms with Crippen molar-refractivity contribution in [3.8, 4) is 0 Å². The highest BCUT2D eigenvalue weighted by atomic mass is 16.1. The van der Waals surface area contributed by atoms with E-state index in [0.29, 0.717) is 11.1 Å². The highest BCUT2D eigenvalue weighted by Gasteiger charge is 2.47. The van der Waals surface area contributed by atoms with Gasteiger partial charge in [0.15, 0.2) is 12.6 Å². The van der Waals surface area contributed by atoms with Crippen LogP contribution in [0.4, 0.5) is 0 Å². The molecule has 0 spiro atoms. The maximum absolute atomic E-state index is 11.1. The molecule has 0 saturated heterocycles. The Hall–Kier alpha value is -1.96. The van der Waals surface area contributed by atoms with Crippen LogP contribution in [0.3, 0.4) is 0 Å². The molecule has 2 heteroatoms. The first-order chi connectivity index (χ1) is 7.73. The van der Waals surface area contributed by atoms with Gasteiger partial charge in [0.05, 0.1) is 0 Å². The molecule has 0 N–H and O–H groups in total. The third kappa shape index (κ3) is 0.792. The van der Waals surface area contributed by atoms with E-state index < -0.39 is 0 Å². The van der Waals surface area contributed by atoms with Crippen molar-refractivity contribution < 1.29 is 9.59 Å². The minimum atomic E-state index is -0.277. The molecular formula is C14H10O2. The van der Waals surface area contributed by atoms with Gasteiger partial charge in [-0.2, -0.15) is 0 Å². The van der Waals surface area contributed by atoms with E-state index in [1.165, 1.54) is 0 Å². The summed E-state index contributed by atoms with van der Waals surface area (Å²) < 4.78 is 0. The van der Waals surface area contributed by atoms with Crippen molar-refractivity contribution in [2.24, 2.45) is 5.41 Å². The largest absolute Gasteiger partial charge is 0.298 e. The molecule has 0 fully saturated rings. The number of aldehydes is 2. The first kappa shape index (κ1) is 9.28. The van der Waals surface area contributed by atoms with E-state index in [0.717, 1.165) is 29.3 Å². The van der Waals surface area contributed by atoms with Gasteiger partial charge >= 0.3 is 0 Å². The Kier molecular flexibility index (Phi) is 1.62. The summed E-state index contributed by atoms with van der Waals surface area (Å²) in [6.07, 6.45) is 11.4. The number of allylic oxidation sites excluding steroid dienone is 10. The third-order valence-corrected chi connectivity index (χ3v) is 3.73. The number of hydrogen-bond donors (Lipinski definition) is 0. The molecule has 0 heterocycles. The van der Waals surface area contributed by atoms with Gasteiger partial charge in [-0.1, -0.05) is 30.4 Å². The molecule has 16 heavy (non-hydrogen) atoms. The van der Waals surface area contributed by atoms with Crippen LogP contribution in [0.5, 0.6) is 0 Å². The zero-order chi connectivity index (χ0) is 11.3. The van der Waals surface area contributed by atoms with Crippen LogP contribution in [0.15, 0.2) is 58.2 Å². The van der Waals surface area contributed by atoms with Crippen LogP contribution in [-0.2, 0) is 9.59 Å². The molecule has 0 aromatic heterocycles. The van der Waals surface area contributed by atoms with Gasteiger partial charge < -0.3 is 0 Å². The molecule has 78 valence electrons. The lowest BCUT2D eigenvalue weighted by Gasteiger charge is -2.29. The molecule has 0 aromatic carbocycles. The van der Waals surface area contributed by atoms with Gasteiger partial charge in [0.1, 0.15) is 0 Å². The van der Waals surface area contributed by atoms with Crippen LogP contribution >= 0.6 is 0 Å². The molecule has 0 bridgehead atoms. The van der Waals surface area contributed by atoms with E-state index in [4.69, 9.17) is 0 Å². The molecule has 3 aliphatic rings. The standard InChI is InChI=1S/C14H10O2/c1-14-9-3-2-4-12(14)10(7-15)11(8-16)13(14)6-5-9/h2-8H,1H3/t14-/m1/s1. The fourth-order valence-electron chi connectivity index (χ4n) is 2.86. The van der Waals surface area contributed by atoms with E-state index in [1.54, 1.807) is 0 Å². The van der Waals surface area contributed by atoms with E-state index in [2.05, 4.69) is 6.92 Å². The lowest BCUT2D eigenvalue weighted by atomic mass is 9.72. The zero-order valence-electron chi connectivity index (χ0n) is 8.86. The van der Waals surface area contributed by atoms with Crippen molar-refractivity contribution in [2.45, 2.75) is 6.92 Å². The molecule has 3 aliphatic carbocycles. The third-order valence-electron chi connectivity index (χ3n) is 3.73. The molecule has 0 aromatic rings. The summed E-state index contributed by atoms with van der Waals surface area (Å²) >= 11 is 0. The van der Waals surface area contributed by atoms with Gasteiger partial charge in [-0.05, 0) is 23.6 Å². The molecule has 0 aliphatic heterocycles. The second-order valence-electron chi connectivity index (χ2n) is 4.33. The molecule has 3 rings (SSSR count). The van der Waals surface area contributed by atoms with E-state index >= 15 is 0 Å². The maximum atomic E-state index is 11.1. The van der Waals surface area contributed by atoms with Crippen LogP contribution in [0.25, 0.3) is 0 Å². The van der Waals surface area contributed by atoms with E-state index in [-0.39, 0.29) is 5.41 Å². The second-order valence-corrected chi connectivity index (χ2v) is 4.33. The minimum Gasteiger partial charge on any atom is -0.298 e. The van der Waals surface area contributed by atoms with Gasteiger partial charge in [-0.15, -0.1) is 0 Å². The lowest BCUT2D eigenvalue weighted by Crippen LogP contribution is -2.20. The first-order valence-corrected chi connectivity index (χ1v) is 5.20. The summed E-state index contributed by atoms with van der Waals surface area (Å²) in [4.78, 5) is 22.2. The van der Waals surface area contributed by atoms with Crippen LogP contribution in [0, 0.1) is 5.41 Å². The Morgan fingerprint density at radius 1 is 1.00 bits per heavy atom. The summed E-state index contributed by atoms with van der Waals surface area (Å²) in [6.45, 7) is 2.06. The Balaban J connectivity index is 2.36. The normalized spacial score (nSPS) is 29.7. The maximum Gasteiger partial charge on any atom is 0.151 e. The Bertz CT molecular complexity index is 568. The first-order valence-electron chi connectivity index (χ1n) is 5.20. The van der Waals surface area contributed by atoms with Gasteiger partial charge in [-0.3, -0.25) is 9.59 Å². The minimum absolute atomic E-state index is 0.277. The average molecular weight is 210 g/mol. The number of hydrogen-bond acceptors (Lipinski definition) is 2. The fraction of sp³-hybridized carbons (Fsp3) is 0.143. The molecule has 0 saturated carbocycles. The average Bonchev–Trinajstić information content (AvgIpc) is 2.76. The Labute approximate surface area is 93.3 Å². The quantitative estimate of drug-likeness (QED) is 0.654. The number of rotatable bonds is 2. The molecule has 0 radical (unpaired) electrons. The van der Waals surface area contributed by atoms with Crippen molar-refractivity contribution in [1.82, 2.24) is 0 Å². The van der Waals surface area contributed by atoms with E-state index in [1.807, 2.05) is 30.4 Å². The van der Waals surface area contributed by atoms with Crippen LogP contribution in [0.2, 0.25) is 0 Å². The Morgan fingerprint density at radius 3 is 2.25 bits per heavy atom. The molecular weight excluding hydrogens is 200 g/mol. The fourth-order valence-corrected chi connectivity index (χ4v) is 2.86. The summed E-state index contributed by atoms with van der Waals surface area (Å²) in [6, 6.07) is 0. The number of carbonyl (C=O) groups excluding carboxylic acids is 2. The highest BCUT2D eigenvalue weighted by Crippen LogP contribution is 2.57. The van der Waals surface area contributed by atoms with Gasteiger partial charge in [0.25, 0.3) is 0 Å².